The predicted octanol–water partition coefficient (Wildman–Crippen LogP) is 3.03. The molecule has 0 aromatic heterocycles. The average molecular weight is 328 g/mol. The summed E-state index contributed by atoms with van der Waals surface area (Å²) < 4.78 is 0. The Balaban J connectivity index is 1.77. The Bertz CT molecular complexity index is 697. The smallest absolute Gasteiger partial charge is 0.319 e. The van der Waals surface area contributed by atoms with Gasteiger partial charge in [0.25, 0.3) is 5.69 Å². The zero-order valence-electron chi connectivity index (χ0n) is 13.7. The third-order valence-corrected chi connectivity index (χ3v) is 3.49. The molecule has 0 radical (unpaired) electrons. The van der Waals surface area contributed by atoms with E-state index < -0.39 is 4.92 Å². The summed E-state index contributed by atoms with van der Waals surface area (Å²) in [7, 11) is 3.90. The summed E-state index contributed by atoms with van der Waals surface area (Å²) in [6.07, 6.45) is 0.602. The molecule has 2 amide bonds. The van der Waals surface area contributed by atoms with Crippen LogP contribution >= 0.6 is 0 Å². The van der Waals surface area contributed by atoms with E-state index in [9.17, 15) is 14.9 Å². The molecule has 0 saturated carbocycles. The lowest BCUT2D eigenvalue weighted by Crippen LogP contribution is -2.30. The summed E-state index contributed by atoms with van der Waals surface area (Å²) >= 11 is 0. The molecule has 0 saturated heterocycles. The minimum Gasteiger partial charge on any atom is -0.378 e. The molecule has 0 aliphatic carbocycles. The van der Waals surface area contributed by atoms with Crippen LogP contribution in [0.5, 0.6) is 0 Å². The zero-order valence-corrected chi connectivity index (χ0v) is 13.7. The summed E-state index contributed by atoms with van der Waals surface area (Å²) in [5.74, 6) is 0. The minimum atomic E-state index is -0.433. The van der Waals surface area contributed by atoms with Crippen LogP contribution in [0.2, 0.25) is 0 Å². The average Bonchev–Trinajstić information content (AvgIpc) is 2.55. The Morgan fingerprint density at radius 2 is 1.71 bits per heavy atom. The van der Waals surface area contributed by atoms with Crippen LogP contribution in [-0.2, 0) is 6.42 Å². The van der Waals surface area contributed by atoms with Crippen molar-refractivity contribution in [1.82, 2.24) is 5.32 Å². The summed E-state index contributed by atoms with van der Waals surface area (Å²) in [5.41, 5.74) is 2.76. The fourth-order valence-corrected chi connectivity index (χ4v) is 2.12. The standard InChI is InChI=1S/C17H20N4O3/c1-20(2)15-9-5-14(6-10-15)19-17(22)18-12-11-13-3-7-16(8-4-13)21(23)24/h3-10H,11-12H2,1-2H3,(H2,18,19,22). The monoisotopic (exact) mass is 328 g/mol. The van der Waals surface area contributed by atoms with Gasteiger partial charge in [-0.15, -0.1) is 0 Å². The number of amides is 2. The zero-order chi connectivity index (χ0) is 17.5. The first-order valence-electron chi connectivity index (χ1n) is 7.51. The number of nitrogens with one attached hydrogen (secondary N) is 2. The molecule has 0 atom stereocenters. The second-order valence-corrected chi connectivity index (χ2v) is 5.50. The van der Waals surface area contributed by atoms with Gasteiger partial charge in [0.05, 0.1) is 4.92 Å². The topological polar surface area (TPSA) is 87.5 Å². The van der Waals surface area contributed by atoms with Crippen LogP contribution < -0.4 is 15.5 Å². The maximum Gasteiger partial charge on any atom is 0.319 e. The number of anilines is 2. The minimum absolute atomic E-state index is 0.0608. The second-order valence-electron chi connectivity index (χ2n) is 5.50. The van der Waals surface area contributed by atoms with Crippen LogP contribution in [0.3, 0.4) is 0 Å². The highest BCUT2D eigenvalue weighted by molar-refractivity contribution is 5.89. The van der Waals surface area contributed by atoms with Crippen LogP contribution in [0.25, 0.3) is 0 Å². The van der Waals surface area contributed by atoms with Gasteiger partial charge in [0.2, 0.25) is 0 Å². The number of carbonyl (C=O) groups is 1. The maximum atomic E-state index is 11.8. The lowest BCUT2D eigenvalue weighted by molar-refractivity contribution is -0.384. The van der Waals surface area contributed by atoms with E-state index in [-0.39, 0.29) is 11.7 Å². The molecule has 2 aromatic carbocycles. The van der Waals surface area contributed by atoms with E-state index in [1.165, 1.54) is 12.1 Å². The predicted molar refractivity (Wildman–Crippen MR) is 94.6 cm³/mol. The molecular weight excluding hydrogens is 308 g/mol. The van der Waals surface area contributed by atoms with Crippen molar-refractivity contribution >= 4 is 23.1 Å². The van der Waals surface area contributed by atoms with Gasteiger partial charge in [0.1, 0.15) is 0 Å². The normalized spacial score (nSPS) is 10.1. The summed E-state index contributed by atoms with van der Waals surface area (Å²) in [6.45, 7) is 0.444. The highest BCUT2D eigenvalue weighted by atomic mass is 16.6. The van der Waals surface area contributed by atoms with Gasteiger partial charge in [-0.3, -0.25) is 10.1 Å². The third-order valence-electron chi connectivity index (χ3n) is 3.49. The Labute approximate surface area is 140 Å². The molecule has 7 nitrogen and oxygen atoms in total. The van der Waals surface area contributed by atoms with Gasteiger partial charge in [0.15, 0.2) is 0 Å². The number of nitro benzene ring substituents is 1. The number of non-ortho nitro benzene ring substituents is 1. The van der Waals surface area contributed by atoms with Crippen molar-refractivity contribution in [2.75, 3.05) is 30.9 Å². The number of rotatable bonds is 6. The van der Waals surface area contributed by atoms with Crippen molar-refractivity contribution in [3.05, 3.63) is 64.2 Å². The third kappa shape index (κ3) is 4.98. The highest BCUT2D eigenvalue weighted by Crippen LogP contribution is 2.15. The van der Waals surface area contributed by atoms with Crippen molar-refractivity contribution in [3.8, 4) is 0 Å². The summed E-state index contributed by atoms with van der Waals surface area (Å²) in [6, 6.07) is 13.5. The molecule has 2 rings (SSSR count). The van der Waals surface area contributed by atoms with E-state index >= 15 is 0 Å². The molecule has 0 aliphatic rings. The number of benzene rings is 2. The van der Waals surface area contributed by atoms with E-state index in [1.54, 1.807) is 12.1 Å². The van der Waals surface area contributed by atoms with Crippen LogP contribution in [0.1, 0.15) is 5.56 Å². The van der Waals surface area contributed by atoms with Crippen LogP contribution in [0.15, 0.2) is 48.5 Å². The molecular formula is C17H20N4O3. The highest BCUT2D eigenvalue weighted by Gasteiger charge is 2.05. The first-order valence-corrected chi connectivity index (χ1v) is 7.51. The molecule has 0 unspecified atom stereocenters. The first kappa shape index (κ1) is 17.3. The Morgan fingerprint density at radius 1 is 1.08 bits per heavy atom. The lowest BCUT2D eigenvalue weighted by Gasteiger charge is -2.13. The van der Waals surface area contributed by atoms with Crippen LogP contribution in [0, 0.1) is 10.1 Å². The molecule has 24 heavy (non-hydrogen) atoms. The van der Waals surface area contributed by atoms with Gasteiger partial charge in [0, 0.05) is 44.1 Å². The van der Waals surface area contributed by atoms with Gasteiger partial charge in [-0.05, 0) is 36.2 Å². The molecule has 0 spiro atoms. The van der Waals surface area contributed by atoms with Crippen molar-refractivity contribution in [1.29, 1.82) is 0 Å². The Morgan fingerprint density at radius 3 is 2.25 bits per heavy atom. The molecule has 2 N–H and O–H groups in total. The second kappa shape index (κ2) is 7.96. The van der Waals surface area contributed by atoms with Crippen LogP contribution in [0.4, 0.5) is 21.9 Å². The SMILES string of the molecule is CN(C)c1ccc(NC(=O)NCCc2ccc([N+](=O)[O-])cc2)cc1. The fourth-order valence-electron chi connectivity index (χ4n) is 2.12. The number of hydrogen-bond donors (Lipinski definition) is 2. The Kier molecular flexibility index (Phi) is 5.73. The number of nitro groups is 1. The first-order chi connectivity index (χ1) is 11.5. The molecule has 2 aromatic rings. The van der Waals surface area contributed by atoms with Crippen molar-refractivity contribution in [2.45, 2.75) is 6.42 Å². The van der Waals surface area contributed by atoms with E-state index in [2.05, 4.69) is 10.6 Å². The Hall–Kier alpha value is -3.09. The number of hydrogen-bond acceptors (Lipinski definition) is 4. The molecule has 0 heterocycles. The number of nitrogens with zero attached hydrogens (tertiary/aromatic N) is 2. The van der Waals surface area contributed by atoms with Gasteiger partial charge in [-0.2, -0.15) is 0 Å². The van der Waals surface area contributed by atoms with Gasteiger partial charge in [-0.1, -0.05) is 12.1 Å². The number of urea groups is 1. The van der Waals surface area contributed by atoms with E-state index in [0.29, 0.717) is 18.7 Å². The quantitative estimate of drug-likeness (QED) is 0.630. The maximum absolute atomic E-state index is 11.8. The van der Waals surface area contributed by atoms with Crippen molar-refractivity contribution in [3.63, 3.8) is 0 Å². The van der Waals surface area contributed by atoms with Gasteiger partial charge >= 0.3 is 6.03 Å². The van der Waals surface area contributed by atoms with E-state index in [4.69, 9.17) is 0 Å². The molecule has 0 aliphatic heterocycles. The van der Waals surface area contributed by atoms with E-state index in [0.717, 1.165) is 11.3 Å². The largest absolute Gasteiger partial charge is 0.378 e. The summed E-state index contributed by atoms with van der Waals surface area (Å²) in [4.78, 5) is 24.0. The van der Waals surface area contributed by atoms with Crippen LogP contribution in [-0.4, -0.2) is 31.6 Å². The van der Waals surface area contributed by atoms with Crippen molar-refractivity contribution in [2.24, 2.45) is 0 Å². The molecule has 0 bridgehead atoms. The fraction of sp³-hybridized carbons (Fsp3) is 0.235. The molecule has 7 heteroatoms. The van der Waals surface area contributed by atoms with Gasteiger partial charge in [-0.25, -0.2) is 4.79 Å². The van der Waals surface area contributed by atoms with Gasteiger partial charge < -0.3 is 15.5 Å². The summed E-state index contributed by atoms with van der Waals surface area (Å²) in [5, 5.41) is 16.1. The number of carbonyl (C=O) groups excluding carboxylic acids is 1. The molecule has 126 valence electrons. The van der Waals surface area contributed by atoms with Crippen molar-refractivity contribution < 1.29 is 9.72 Å². The lowest BCUT2D eigenvalue weighted by atomic mass is 10.1. The molecule has 0 fully saturated rings. The van der Waals surface area contributed by atoms with E-state index in [1.807, 2.05) is 43.3 Å².